The minimum atomic E-state index is -0.137. The molecule has 0 aliphatic heterocycles. The Bertz CT molecular complexity index is 793. The van der Waals surface area contributed by atoms with E-state index >= 15 is 0 Å². The maximum Gasteiger partial charge on any atom is 0.253 e. The highest BCUT2D eigenvalue weighted by atomic mass is 16.1. The molecule has 1 aromatic heterocycles. The zero-order valence-electron chi connectivity index (χ0n) is 15.2. The predicted octanol–water partition coefficient (Wildman–Crippen LogP) is 2.44. The number of amides is 1. The van der Waals surface area contributed by atoms with Crippen LogP contribution in [-0.2, 0) is 0 Å². The summed E-state index contributed by atoms with van der Waals surface area (Å²) < 4.78 is 1.67. The Morgan fingerprint density at radius 2 is 2.04 bits per heavy atom. The van der Waals surface area contributed by atoms with Crippen LogP contribution in [0.1, 0.15) is 40.5 Å². The molecule has 1 amide bonds. The van der Waals surface area contributed by atoms with Crippen molar-refractivity contribution >= 4 is 23.1 Å². The van der Waals surface area contributed by atoms with Gasteiger partial charge in [-0.25, -0.2) is 0 Å². The molecule has 0 saturated heterocycles. The molecule has 2 rings (SSSR count). The zero-order chi connectivity index (χ0) is 18.6. The van der Waals surface area contributed by atoms with Gasteiger partial charge >= 0.3 is 0 Å². The van der Waals surface area contributed by atoms with Crippen molar-refractivity contribution in [3.05, 3.63) is 46.8 Å². The lowest BCUT2D eigenvalue weighted by Gasteiger charge is -2.14. The fraction of sp³-hybridized carbons (Fsp3) is 0.333. The Morgan fingerprint density at radius 3 is 2.68 bits per heavy atom. The van der Waals surface area contributed by atoms with Crippen molar-refractivity contribution in [1.29, 1.82) is 5.41 Å². The number of carbonyl (C=O) groups excluding carboxylic acids is 1. The Labute approximate surface area is 148 Å². The fourth-order valence-corrected chi connectivity index (χ4v) is 2.61. The van der Waals surface area contributed by atoms with Crippen molar-refractivity contribution in [1.82, 2.24) is 9.99 Å². The first-order valence-electron chi connectivity index (χ1n) is 8.29. The van der Waals surface area contributed by atoms with Gasteiger partial charge in [-0.15, -0.1) is 0 Å². The van der Waals surface area contributed by atoms with E-state index in [2.05, 4.69) is 16.1 Å². The van der Waals surface area contributed by atoms with Gasteiger partial charge in [0.25, 0.3) is 5.91 Å². The maximum absolute atomic E-state index is 12.3. The van der Waals surface area contributed by atoms with E-state index in [9.17, 15) is 4.79 Å². The lowest BCUT2D eigenvalue weighted by molar-refractivity contribution is 0.0953. The van der Waals surface area contributed by atoms with Crippen LogP contribution in [0.15, 0.2) is 24.4 Å². The van der Waals surface area contributed by atoms with Crippen LogP contribution in [0.2, 0.25) is 0 Å². The molecule has 0 bridgehead atoms. The van der Waals surface area contributed by atoms with Crippen LogP contribution in [0.3, 0.4) is 0 Å². The minimum Gasteiger partial charge on any atom is -0.399 e. The Balaban J connectivity index is 2.34. The number of nitrogens with zero attached hydrogens (tertiary/aromatic N) is 1. The molecule has 0 aliphatic rings. The van der Waals surface area contributed by atoms with E-state index in [1.165, 1.54) is 0 Å². The number of nitrogens with one attached hydrogen (secondary N) is 4. The van der Waals surface area contributed by atoms with Gasteiger partial charge in [0, 0.05) is 31.2 Å². The van der Waals surface area contributed by atoms with Crippen LogP contribution in [-0.4, -0.2) is 30.0 Å². The summed E-state index contributed by atoms with van der Waals surface area (Å²) in [5.41, 5.74) is 13.1. The molecule has 0 spiro atoms. The molecule has 1 heterocycles. The molecule has 25 heavy (non-hydrogen) atoms. The lowest BCUT2D eigenvalue weighted by atomic mass is 10.1. The quantitative estimate of drug-likeness (QED) is 0.316. The van der Waals surface area contributed by atoms with Gasteiger partial charge in [-0.3, -0.25) is 14.9 Å². The molecule has 0 radical (unpaired) electrons. The summed E-state index contributed by atoms with van der Waals surface area (Å²) in [6.45, 7) is 6.41. The van der Waals surface area contributed by atoms with Crippen LogP contribution in [0.4, 0.5) is 11.4 Å². The monoisotopic (exact) mass is 342 g/mol. The number of anilines is 2. The smallest absolute Gasteiger partial charge is 0.253 e. The van der Waals surface area contributed by atoms with Gasteiger partial charge in [-0.05, 0) is 43.5 Å². The number of nitrogens with two attached hydrogens (primary N) is 1. The first-order valence-corrected chi connectivity index (χ1v) is 8.29. The summed E-state index contributed by atoms with van der Waals surface area (Å²) >= 11 is 0. The van der Waals surface area contributed by atoms with Gasteiger partial charge in [0.05, 0.1) is 5.56 Å². The number of amidine groups is 1. The van der Waals surface area contributed by atoms with Crippen LogP contribution < -0.4 is 21.8 Å². The highest BCUT2D eigenvalue weighted by molar-refractivity contribution is 6.09. The number of carbonyl (C=O) groups is 1. The zero-order valence-corrected chi connectivity index (χ0v) is 15.2. The molecule has 134 valence electrons. The van der Waals surface area contributed by atoms with E-state index < -0.39 is 0 Å². The molecule has 0 saturated carbocycles. The molecule has 0 fully saturated rings. The number of aryl methyl sites for hydroxylation is 1. The van der Waals surface area contributed by atoms with E-state index in [0.717, 1.165) is 23.2 Å². The average molecular weight is 342 g/mol. The van der Waals surface area contributed by atoms with Crippen molar-refractivity contribution in [2.24, 2.45) is 0 Å². The molecular weight excluding hydrogens is 316 g/mol. The van der Waals surface area contributed by atoms with E-state index in [-0.39, 0.29) is 11.7 Å². The van der Waals surface area contributed by atoms with Crippen LogP contribution in [0.25, 0.3) is 0 Å². The molecule has 0 atom stereocenters. The molecule has 1 aromatic carbocycles. The third-order valence-electron chi connectivity index (χ3n) is 4.04. The third-order valence-corrected chi connectivity index (χ3v) is 4.04. The van der Waals surface area contributed by atoms with Crippen molar-refractivity contribution in [2.75, 3.05) is 30.1 Å². The van der Waals surface area contributed by atoms with E-state index in [1.807, 2.05) is 32.9 Å². The number of hydrogen-bond acceptors (Lipinski definition) is 4. The topological polar surface area (TPSA) is 108 Å². The van der Waals surface area contributed by atoms with Crippen LogP contribution in [0.5, 0.6) is 0 Å². The molecular formula is C18H26N6O. The number of hydrogen-bond donors (Lipinski definition) is 5. The SMILES string of the molecule is CCCNC(=O)c1cn(NC)c(C(=N)Nc2cc(N)ccc2C)c1C. The molecule has 7 nitrogen and oxygen atoms in total. The summed E-state index contributed by atoms with van der Waals surface area (Å²) in [7, 11) is 1.75. The molecule has 0 aliphatic carbocycles. The largest absolute Gasteiger partial charge is 0.399 e. The van der Waals surface area contributed by atoms with E-state index in [0.29, 0.717) is 23.5 Å². The summed E-state index contributed by atoms with van der Waals surface area (Å²) in [5, 5.41) is 14.4. The van der Waals surface area contributed by atoms with Gasteiger partial charge in [0.15, 0.2) is 0 Å². The van der Waals surface area contributed by atoms with Crippen molar-refractivity contribution in [3.63, 3.8) is 0 Å². The van der Waals surface area contributed by atoms with Crippen LogP contribution >= 0.6 is 0 Å². The fourth-order valence-electron chi connectivity index (χ4n) is 2.61. The molecule has 0 unspecified atom stereocenters. The minimum absolute atomic E-state index is 0.137. The number of aromatic nitrogens is 1. The average Bonchev–Trinajstić information content (AvgIpc) is 2.92. The van der Waals surface area contributed by atoms with Gasteiger partial charge in [-0.2, -0.15) is 0 Å². The maximum atomic E-state index is 12.3. The van der Waals surface area contributed by atoms with Crippen molar-refractivity contribution in [2.45, 2.75) is 27.2 Å². The normalized spacial score (nSPS) is 10.4. The second kappa shape index (κ2) is 7.74. The van der Waals surface area contributed by atoms with Gasteiger partial charge in [-0.1, -0.05) is 13.0 Å². The first kappa shape index (κ1) is 18.4. The number of rotatable bonds is 6. The highest BCUT2D eigenvalue weighted by Crippen LogP contribution is 2.21. The van der Waals surface area contributed by atoms with Crippen molar-refractivity contribution < 1.29 is 4.79 Å². The summed E-state index contributed by atoms with van der Waals surface area (Å²) in [6, 6.07) is 5.52. The summed E-state index contributed by atoms with van der Waals surface area (Å²) in [6.07, 6.45) is 2.58. The van der Waals surface area contributed by atoms with Gasteiger partial charge in [0.1, 0.15) is 11.5 Å². The van der Waals surface area contributed by atoms with E-state index in [4.69, 9.17) is 11.1 Å². The molecule has 6 N–H and O–H groups in total. The Hall–Kier alpha value is -2.96. The second-order valence-corrected chi connectivity index (χ2v) is 5.94. The van der Waals surface area contributed by atoms with Gasteiger partial charge in [0.2, 0.25) is 0 Å². The Morgan fingerprint density at radius 1 is 1.32 bits per heavy atom. The molecule has 2 aromatic rings. The second-order valence-electron chi connectivity index (χ2n) is 5.94. The lowest BCUT2D eigenvalue weighted by Crippen LogP contribution is -2.24. The molecule has 7 heteroatoms. The predicted molar refractivity (Wildman–Crippen MR) is 103 cm³/mol. The summed E-state index contributed by atoms with van der Waals surface area (Å²) in [5.74, 6) is 0.0534. The third kappa shape index (κ3) is 3.93. The number of benzene rings is 1. The summed E-state index contributed by atoms with van der Waals surface area (Å²) in [4.78, 5) is 12.3. The first-order chi connectivity index (χ1) is 11.9. The highest BCUT2D eigenvalue weighted by Gasteiger charge is 2.20. The van der Waals surface area contributed by atoms with Gasteiger partial charge < -0.3 is 21.8 Å². The van der Waals surface area contributed by atoms with E-state index in [1.54, 1.807) is 24.0 Å². The number of nitrogen functional groups attached to an aromatic ring is 1. The van der Waals surface area contributed by atoms with Crippen molar-refractivity contribution in [3.8, 4) is 0 Å². The van der Waals surface area contributed by atoms with Crippen LogP contribution in [0, 0.1) is 19.3 Å². The Kier molecular flexibility index (Phi) is 5.69. The standard InChI is InChI=1S/C18H26N6O/c1-5-8-22-18(25)14-10-24(21-4)16(12(14)3)17(20)23-15-9-13(19)7-6-11(15)2/h6-7,9-10,21H,5,8,19H2,1-4H3,(H2,20,23)(H,22,25).